The number of benzene rings is 2. The lowest BCUT2D eigenvalue weighted by Gasteiger charge is -2.22. The van der Waals surface area contributed by atoms with E-state index in [1.807, 2.05) is 55.5 Å². The first-order chi connectivity index (χ1) is 13.0. The van der Waals surface area contributed by atoms with Gasteiger partial charge in [0.2, 0.25) is 5.95 Å². The minimum absolute atomic E-state index is 0.0400. The lowest BCUT2D eigenvalue weighted by molar-refractivity contribution is 0.101. The minimum atomic E-state index is 0.0400. The number of hydrogen-bond donors (Lipinski definition) is 1. The summed E-state index contributed by atoms with van der Waals surface area (Å²) in [4.78, 5) is 23.0. The molecule has 0 bridgehead atoms. The first-order valence-electron chi connectivity index (χ1n) is 9.07. The van der Waals surface area contributed by atoms with Crippen LogP contribution >= 0.6 is 0 Å². The van der Waals surface area contributed by atoms with Crippen LogP contribution in [0.25, 0.3) is 0 Å². The Kier molecular flexibility index (Phi) is 5.81. The maximum Gasteiger partial charge on any atom is 0.227 e. The van der Waals surface area contributed by atoms with E-state index in [0.29, 0.717) is 17.3 Å². The molecule has 0 radical (unpaired) electrons. The average molecular weight is 360 g/mol. The molecule has 5 nitrogen and oxygen atoms in total. The Balaban J connectivity index is 1.85. The number of nitrogens with one attached hydrogen (secondary N) is 1. The molecule has 27 heavy (non-hydrogen) atoms. The average Bonchev–Trinajstić information content (AvgIpc) is 2.66. The SMILES string of the molecule is CCN(Cc1ccccc1)c1nc(C)cc(Nc2cccc(C(C)=O)c2)n1. The molecule has 0 saturated heterocycles. The van der Waals surface area contributed by atoms with Crippen LogP contribution in [0.3, 0.4) is 0 Å². The van der Waals surface area contributed by atoms with Gasteiger partial charge < -0.3 is 10.2 Å². The summed E-state index contributed by atoms with van der Waals surface area (Å²) in [5.74, 6) is 1.44. The van der Waals surface area contributed by atoms with Crippen molar-refractivity contribution in [2.75, 3.05) is 16.8 Å². The predicted octanol–water partition coefficient (Wildman–Crippen LogP) is 4.76. The highest BCUT2D eigenvalue weighted by molar-refractivity contribution is 5.95. The highest BCUT2D eigenvalue weighted by Crippen LogP contribution is 2.20. The number of carbonyl (C=O) groups is 1. The van der Waals surface area contributed by atoms with Crippen molar-refractivity contribution < 1.29 is 4.79 Å². The maximum absolute atomic E-state index is 11.6. The van der Waals surface area contributed by atoms with Gasteiger partial charge in [-0.1, -0.05) is 42.5 Å². The molecule has 3 rings (SSSR count). The number of ketones is 1. The predicted molar refractivity (Wildman–Crippen MR) is 110 cm³/mol. The van der Waals surface area contributed by atoms with Gasteiger partial charge in [-0.25, -0.2) is 4.98 Å². The van der Waals surface area contributed by atoms with Crippen LogP contribution in [-0.4, -0.2) is 22.3 Å². The second kappa shape index (κ2) is 8.45. The Labute approximate surface area is 160 Å². The number of rotatable bonds is 7. The van der Waals surface area contributed by atoms with Crippen LogP contribution in [0.4, 0.5) is 17.5 Å². The monoisotopic (exact) mass is 360 g/mol. The zero-order valence-corrected chi connectivity index (χ0v) is 15.9. The number of Topliss-reactive ketones (excluding diaryl/α,β-unsaturated/α-hetero) is 1. The third-order valence-electron chi connectivity index (χ3n) is 4.26. The molecule has 5 heteroatoms. The summed E-state index contributed by atoms with van der Waals surface area (Å²) in [7, 11) is 0. The van der Waals surface area contributed by atoms with Gasteiger partial charge in [0.25, 0.3) is 0 Å². The molecule has 3 aromatic rings. The summed E-state index contributed by atoms with van der Waals surface area (Å²) in [5, 5.41) is 3.29. The van der Waals surface area contributed by atoms with Crippen molar-refractivity contribution in [3.63, 3.8) is 0 Å². The molecule has 138 valence electrons. The van der Waals surface area contributed by atoms with Gasteiger partial charge in [0.15, 0.2) is 5.78 Å². The molecule has 0 aliphatic heterocycles. The summed E-state index contributed by atoms with van der Waals surface area (Å²) >= 11 is 0. The summed E-state index contributed by atoms with van der Waals surface area (Å²) in [6.45, 7) is 7.17. The lowest BCUT2D eigenvalue weighted by Crippen LogP contribution is -2.24. The number of aryl methyl sites for hydroxylation is 1. The van der Waals surface area contributed by atoms with E-state index in [2.05, 4.69) is 39.2 Å². The van der Waals surface area contributed by atoms with Gasteiger partial charge >= 0.3 is 0 Å². The van der Waals surface area contributed by atoms with Gasteiger partial charge in [0.05, 0.1) is 0 Å². The quantitative estimate of drug-likeness (QED) is 0.616. The molecule has 0 aliphatic carbocycles. The van der Waals surface area contributed by atoms with Crippen molar-refractivity contribution in [1.29, 1.82) is 0 Å². The first kappa shape index (κ1) is 18.6. The van der Waals surface area contributed by atoms with Crippen LogP contribution in [0.5, 0.6) is 0 Å². The second-order valence-corrected chi connectivity index (χ2v) is 6.46. The summed E-state index contributed by atoms with van der Waals surface area (Å²) < 4.78 is 0. The zero-order chi connectivity index (χ0) is 19.2. The van der Waals surface area contributed by atoms with E-state index in [4.69, 9.17) is 0 Å². The van der Waals surface area contributed by atoms with E-state index < -0.39 is 0 Å². The molecule has 0 aliphatic rings. The van der Waals surface area contributed by atoms with E-state index in [1.54, 1.807) is 6.92 Å². The molecule has 1 heterocycles. The van der Waals surface area contributed by atoms with E-state index in [-0.39, 0.29) is 5.78 Å². The largest absolute Gasteiger partial charge is 0.340 e. The molecule has 0 spiro atoms. The molecule has 1 N–H and O–H groups in total. The fourth-order valence-electron chi connectivity index (χ4n) is 2.85. The van der Waals surface area contributed by atoms with E-state index in [1.165, 1.54) is 5.56 Å². The molecular formula is C22H24N4O. The molecule has 0 unspecified atom stereocenters. The molecule has 1 aromatic heterocycles. The smallest absolute Gasteiger partial charge is 0.227 e. The normalized spacial score (nSPS) is 10.5. The number of nitrogens with zero attached hydrogens (tertiary/aromatic N) is 3. The Morgan fingerprint density at radius 3 is 2.52 bits per heavy atom. The summed E-state index contributed by atoms with van der Waals surface area (Å²) in [6, 6.07) is 19.6. The number of carbonyl (C=O) groups excluding carboxylic acids is 1. The molecule has 0 atom stereocenters. The Morgan fingerprint density at radius 2 is 1.81 bits per heavy atom. The van der Waals surface area contributed by atoms with Crippen LogP contribution < -0.4 is 10.2 Å². The van der Waals surface area contributed by atoms with E-state index in [9.17, 15) is 4.79 Å². The van der Waals surface area contributed by atoms with Gasteiger partial charge in [-0.05, 0) is 38.5 Å². The molecule has 0 amide bonds. The highest BCUT2D eigenvalue weighted by Gasteiger charge is 2.11. The fraction of sp³-hybridized carbons (Fsp3) is 0.227. The van der Waals surface area contributed by atoms with Crippen LogP contribution in [0.1, 0.15) is 35.5 Å². The number of hydrogen-bond acceptors (Lipinski definition) is 5. The van der Waals surface area contributed by atoms with Crippen LogP contribution in [0, 0.1) is 6.92 Å². The Hall–Kier alpha value is -3.21. The van der Waals surface area contributed by atoms with Crippen LogP contribution in [0.2, 0.25) is 0 Å². The van der Waals surface area contributed by atoms with Gasteiger partial charge in [-0.15, -0.1) is 0 Å². The second-order valence-electron chi connectivity index (χ2n) is 6.46. The van der Waals surface area contributed by atoms with Crippen molar-refractivity contribution in [2.45, 2.75) is 27.3 Å². The maximum atomic E-state index is 11.6. The standard InChI is InChI=1S/C22H24N4O/c1-4-26(15-18-9-6-5-7-10-18)22-23-16(2)13-21(25-22)24-20-12-8-11-19(14-20)17(3)27/h5-14H,4,15H2,1-3H3,(H,23,24,25). The molecule has 0 saturated carbocycles. The minimum Gasteiger partial charge on any atom is -0.340 e. The van der Waals surface area contributed by atoms with Crippen LogP contribution in [-0.2, 0) is 6.54 Å². The zero-order valence-electron chi connectivity index (χ0n) is 15.9. The van der Waals surface area contributed by atoms with E-state index >= 15 is 0 Å². The molecule has 0 fully saturated rings. The molecular weight excluding hydrogens is 336 g/mol. The summed E-state index contributed by atoms with van der Waals surface area (Å²) in [6.07, 6.45) is 0. The van der Waals surface area contributed by atoms with Gasteiger partial charge in [0, 0.05) is 36.1 Å². The van der Waals surface area contributed by atoms with Gasteiger partial charge in [0.1, 0.15) is 5.82 Å². The number of anilines is 3. The van der Waals surface area contributed by atoms with Crippen molar-refractivity contribution in [1.82, 2.24) is 9.97 Å². The Morgan fingerprint density at radius 1 is 1.04 bits per heavy atom. The Bertz CT molecular complexity index is 925. The van der Waals surface area contributed by atoms with Crippen LogP contribution in [0.15, 0.2) is 60.7 Å². The third-order valence-corrected chi connectivity index (χ3v) is 4.26. The third kappa shape index (κ3) is 4.91. The first-order valence-corrected chi connectivity index (χ1v) is 9.07. The summed E-state index contributed by atoms with van der Waals surface area (Å²) in [5.41, 5.74) is 3.60. The van der Waals surface area contributed by atoms with Crippen molar-refractivity contribution >= 4 is 23.2 Å². The van der Waals surface area contributed by atoms with Gasteiger partial charge in [-0.3, -0.25) is 4.79 Å². The van der Waals surface area contributed by atoms with Crippen molar-refractivity contribution in [3.05, 3.63) is 77.5 Å². The topological polar surface area (TPSA) is 58.1 Å². The van der Waals surface area contributed by atoms with E-state index in [0.717, 1.165) is 24.5 Å². The number of aromatic nitrogens is 2. The molecule has 2 aromatic carbocycles. The van der Waals surface area contributed by atoms with Crippen molar-refractivity contribution in [2.24, 2.45) is 0 Å². The van der Waals surface area contributed by atoms with Gasteiger partial charge in [-0.2, -0.15) is 4.98 Å². The lowest BCUT2D eigenvalue weighted by atomic mass is 10.1. The van der Waals surface area contributed by atoms with Crippen molar-refractivity contribution in [3.8, 4) is 0 Å². The highest BCUT2D eigenvalue weighted by atomic mass is 16.1. The fourth-order valence-corrected chi connectivity index (χ4v) is 2.85.